The second-order valence-corrected chi connectivity index (χ2v) is 11.6. The number of pyridine rings is 3. The quantitative estimate of drug-likeness (QED) is 0.0983. The summed E-state index contributed by atoms with van der Waals surface area (Å²) in [7, 11) is 0. The van der Waals surface area contributed by atoms with Crippen LogP contribution in [-0.4, -0.2) is 44.3 Å². The van der Waals surface area contributed by atoms with E-state index >= 15 is 0 Å². The molecule has 0 saturated heterocycles. The van der Waals surface area contributed by atoms with Crippen molar-refractivity contribution in [3.05, 3.63) is 84.6 Å². The molecule has 4 N–H and O–H groups in total. The summed E-state index contributed by atoms with van der Waals surface area (Å²) in [5, 5.41) is 43.6. The number of amides is 1. The minimum atomic E-state index is -0.572. The van der Waals surface area contributed by atoms with Crippen LogP contribution in [0.4, 0.5) is 0 Å². The molecule has 0 radical (unpaired) electrons. The first kappa shape index (κ1) is 50.3. The number of hydrogen-bond donors (Lipinski definition) is 3. The number of aryl methyl sites for hydroxylation is 3. The number of nitrogens with one attached hydrogen (secondary N) is 1. The lowest BCUT2D eigenvalue weighted by atomic mass is 10.1. The van der Waals surface area contributed by atoms with E-state index in [2.05, 4.69) is 38.4 Å². The molecule has 0 aliphatic rings. The summed E-state index contributed by atoms with van der Waals surface area (Å²) in [6.45, 7) is 10.0. The van der Waals surface area contributed by atoms with Gasteiger partial charge in [-0.2, -0.15) is 21.0 Å². The molecule has 1 amide bonds. The Hall–Kier alpha value is -5.80. The first-order valence-electron chi connectivity index (χ1n) is 17.0. The fourth-order valence-corrected chi connectivity index (χ4v) is 4.65. The number of nitrogens with zero attached hydrogens (tertiary/aromatic N) is 6. The third-order valence-electron chi connectivity index (χ3n) is 6.37. The number of H-pyrrole nitrogens is 1. The lowest BCUT2D eigenvalue weighted by molar-refractivity contribution is -0.145. The average molecular weight is 782 g/mol. The van der Waals surface area contributed by atoms with Gasteiger partial charge in [-0.3, -0.25) is 29.1 Å². The van der Waals surface area contributed by atoms with Crippen molar-refractivity contribution in [2.75, 3.05) is 6.61 Å². The van der Waals surface area contributed by atoms with Crippen LogP contribution in [-0.2, 0) is 38.4 Å². The number of Topliss-reactive ketones (excluding diaryl/α,β-unsaturated/α-hetero) is 1. The van der Waals surface area contributed by atoms with Crippen molar-refractivity contribution in [1.82, 2.24) is 15.0 Å². The maximum absolute atomic E-state index is 10.9. The molecule has 0 bridgehead atoms. The zero-order valence-corrected chi connectivity index (χ0v) is 32.7. The van der Waals surface area contributed by atoms with Crippen molar-refractivity contribution in [3.63, 3.8) is 0 Å². The summed E-state index contributed by atoms with van der Waals surface area (Å²) in [6.07, 6.45) is 9.59. The van der Waals surface area contributed by atoms with Gasteiger partial charge in [0.1, 0.15) is 52.7 Å². The van der Waals surface area contributed by atoms with Crippen molar-refractivity contribution in [1.29, 1.82) is 21.0 Å². The van der Waals surface area contributed by atoms with E-state index in [0.29, 0.717) is 41.3 Å². The molecule has 0 atom stereocenters. The van der Waals surface area contributed by atoms with Crippen LogP contribution in [0.5, 0.6) is 5.88 Å². The molecule has 3 aromatic heterocycles. The molecule has 0 aromatic carbocycles. The molecule has 0 unspecified atom stereocenters. The van der Waals surface area contributed by atoms with Crippen LogP contribution in [0.3, 0.4) is 0 Å². The van der Waals surface area contributed by atoms with Gasteiger partial charge in [0.25, 0.3) is 5.56 Å². The molecule has 0 saturated carbocycles. The molecule has 3 aromatic rings. The van der Waals surface area contributed by atoms with Crippen LogP contribution in [0, 0.1) is 45.3 Å². The number of hydrogen-bond acceptors (Lipinski definition) is 12. The predicted octanol–water partition coefficient (Wildman–Crippen LogP) is 6.72. The highest BCUT2D eigenvalue weighted by Gasteiger charge is 2.10. The highest BCUT2D eigenvalue weighted by Crippen LogP contribution is 2.22. The van der Waals surface area contributed by atoms with E-state index in [0.717, 1.165) is 49.7 Å². The predicted molar refractivity (Wildman–Crippen MR) is 204 cm³/mol. The zero-order valence-electron chi connectivity index (χ0n) is 31.2. The molecule has 0 spiro atoms. The number of carbonyl (C=O) groups is 3. The average Bonchev–Trinajstić information content (AvgIpc) is 3.10. The zero-order chi connectivity index (χ0) is 41.5. The summed E-state index contributed by atoms with van der Waals surface area (Å²) in [5.41, 5.74) is 8.05. The van der Waals surface area contributed by atoms with Crippen molar-refractivity contribution >= 4 is 40.9 Å². The lowest BCUT2D eigenvalue weighted by Gasteiger charge is -2.03. The SMILES string of the molecule is CCCC(=O)CC(=O)OCC.CCCc1cc(=O)[nH]c(O)c1C#N.CCCc1cc(Cl)nc(Cl)c1C#N.CCCc1ccncc1C#N.N#CCC(N)=O. The van der Waals surface area contributed by atoms with Gasteiger partial charge in [-0.25, -0.2) is 4.98 Å². The van der Waals surface area contributed by atoms with Crippen LogP contribution < -0.4 is 11.3 Å². The Kier molecular flexibility index (Phi) is 28.7. The number of ether oxygens (including phenoxy) is 1. The first-order chi connectivity index (χ1) is 25.7. The number of rotatable bonds is 12. The Balaban J connectivity index is 0. The fourth-order valence-electron chi connectivity index (χ4n) is 4.13. The Labute approximate surface area is 326 Å². The third kappa shape index (κ3) is 22.2. The maximum atomic E-state index is 10.9. The number of esters is 1. The molecule has 0 fully saturated rings. The normalized spacial score (nSPS) is 9.09. The van der Waals surface area contributed by atoms with Crippen LogP contribution in [0.15, 0.2) is 35.4 Å². The van der Waals surface area contributed by atoms with E-state index in [4.69, 9.17) is 44.2 Å². The number of carbonyl (C=O) groups excluding carboxylic acids is 3. The summed E-state index contributed by atoms with van der Waals surface area (Å²) >= 11 is 11.5. The minimum absolute atomic E-state index is 0.0362. The van der Waals surface area contributed by atoms with E-state index in [1.165, 1.54) is 6.07 Å². The highest BCUT2D eigenvalue weighted by atomic mass is 35.5. The molecule has 0 aliphatic heterocycles. The molecule has 3 rings (SSSR count). The number of nitriles is 4. The van der Waals surface area contributed by atoms with Gasteiger partial charge in [0.15, 0.2) is 0 Å². The standard InChI is InChI=1S/C9H8Cl2N2.C9H10N2O2.C9H10N2.C8H14O3.C3H4N2O/c1-2-3-6-4-8(10)13-9(11)7(6)5-12;1-2-3-6-4-8(12)11-9(13)7(6)5-10;1-2-3-8-4-5-11-7-9(8)6-10;1-3-5-7(9)6-8(10)11-4-2;4-2-1-3(5)6/h4H,2-3H2,1H3;4H,2-3H2,1H3,(H2,11,12,13);4-5,7H,2-3H2,1H3;3-6H2,1-2H3;1H2,(H2,5,6). The van der Waals surface area contributed by atoms with Gasteiger partial charge in [-0.05, 0) is 61.4 Å². The highest BCUT2D eigenvalue weighted by molar-refractivity contribution is 6.33. The van der Waals surface area contributed by atoms with Crippen LogP contribution in [0.1, 0.15) is 113 Å². The summed E-state index contributed by atoms with van der Waals surface area (Å²) in [4.78, 5) is 51.9. The van der Waals surface area contributed by atoms with Gasteiger partial charge in [0.2, 0.25) is 11.8 Å². The van der Waals surface area contributed by atoms with Gasteiger partial charge >= 0.3 is 5.97 Å². The number of halogens is 2. The molecule has 16 heteroatoms. The van der Waals surface area contributed by atoms with Gasteiger partial charge < -0.3 is 15.6 Å². The van der Waals surface area contributed by atoms with Crippen LogP contribution in [0.25, 0.3) is 0 Å². The monoisotopic (exact) mass is 780 g/mol. The van der Waals surface area contributed by atoms with E-state index < -0.39 is 11.9 Å². The van der Waals surface area contributed by atoms with E-state index in [-0.39, 0.29) is 40.8 Å². The summed E-state index contributed by atoms with van der Waals surface area (Å²) < 4.78 is 4.60. The Morgan fingerprint density at radius 2 is 1.44 bits per heavy atom. The van der Waals surface area contributed by atoms with E-state index in [1.807, 2.05) is 39.0 Å². The smallest absolute Gasteiger partial charge is 0.313 e. The second-order valence-electron chi connectivity index (χ2n) is 10.8. The topological polar surface area (TPSA) is 260 Å². The van der Waals surface area contributed by atoms with Crippen LogP contribution >= 0.6 is 23.2 Å². The van der Waals surface area contributed by atoms with Gasteiger partial charge in [-0.15, -0.1) is 0 Å². The molecular weight excluding hydrogens is 735 g/mol. The van der Waals surface area contributed by atoms with E-state index in [1.54, 1.807) is 31.5 Å². The van der Waals surface area contributed by atoms with Gasteiger partial charge in [0.05, 0.1) is 23.8 Å². The molecule has 14 nitrogen and oxygen atoms in total. The third-order valence-corrected chi connectivity index (χ3v) is 6.84. The van der Waals surface area contributed by atoms with Crippen molar-refractivity contribution in [2.24, 2.45) is 5.73 Å². The Morgan fingerprint density at radius 3 is 1.91 bits per heavy atom. The Morgan fingerprint density at radius 1 is 0.870 bits per heavy atom. The van der Waals surface area contributed by atoms with Gasteiger partial charge in [-0.1, -0.05) is 70.2 Å². The van der Waals surface area contributed by atoms with Crippen molar-refractivity contribution < 1.29 is 24.2 Å². The van der Waals surface area contributed by atoms with Crippen molar-refractivity contribution in [2.45, 2.75) is 98.8 Å². The molecule has 54 heavy (non-hydrogen) atoms. The van der Waals surface area contributed by atoms with Crippen LogP contribution in [0.2, 0.25) is 10.3 Å². The molecule has 0 aliphatic carbocycles. The fraction of sp³-hybridized carbons (Fsp3) is 0.421. The molecular formula is C38H46Cl2N8O6. The summed E-state index contributed by atoms with van der Waals surface area (Å²) in [6, 6.07) is 12.5. The Bertz CT molecular complexity index is 1860. The first-order valence-corrected chi connectivity index (χ1v) is 17.7. The number of nitrogens with two attached hydrogens (primary N) is 1. The second kappa shape index (κ2) is 30.8. The molecule has 288 valence electrons. The largest absolute Gasteiger partial charge is 0.494 e. The van der Waals surface area contributed by atoms with Gasteiger partial charge in [0, 0.05) is 24.9 Å². The number of ketones is 1. The maximum Gasteiger partial charge on any atom is 0.313 e. The summed E-state index contributed by atoms with van der Waals surface area (Å²) in [5.74, 6) is -1.35. The number of aromatic amines is 1. The lowest BCUT2D eigenvalue weighted by Crippen LogP contribution is -2.10. The van der Waals surface area contributed by atoms with E-state index in [9.17, 15) is 24.3 Å². The van der Waals surface area contributed by atoms with Crippen molar-refractivity contribution in [3.8, 4) is 30.2 Å². The molecule has 3 heterocycles. The number of aromatic hydroxyl groups is 1. The number of aromatic nitrogens is 3. The minimum Gasteiger partial charge on any atom is -0.494 e. The number of primary amides is 1.